The molecule has 0 fully saturated rings. The van der Waals surface area contributed by atoms with Crippen molar-refractivity contribution in [2.75, 3.05) is 20.8 Å². The summed E-state index contributed by atoms with van der Waals surface area (Å²) in [5.74, 6) is 0.540. The van der Waals surface area contributed by atoms with Crippen molar-refractivity contribution >= 4 is 11.9 Å². The van der Waals surface area contributed by atoms with Gasteiger partial charge in [0.05, 0.1) is 19.8 Å². The average Bonchev–Trinajstić information content (AvgIpc) is 2.73. The van der Waals surface area contributed by atoms with Gasteiger partial charge in [0, 0.05) is 17.7 Å². The number of methoxy groups -OCH3 is 2. The number of carbonyl (C=O) groups excluding carboxylic acids is 1. The van der Waals surface area contributed by atoms with Crippen LogP contribution in [0.4, 0.5) is 0 Å². The Bertz CT molecular complexity index is 1150. The predicted molar refractivity (Wildman–Crippen MR) is 110 cm³/mol. The van der Waals surface area contributed by atoms with Crippen LogP contribution in [-0.4, -0.2) is 48.5 Å². The molecular formula is C23H22O8. The largest absolute Gasteiger partial charge is 0.507 e. The van der Waals surface area contributed by atoms with Gasteiger partial charge in [-0.25, -0.2) is 0 Å². The lowest BCUT2D eigenvalue weighted by atomic mass is 9.76. The molecule has 2 N–H and O–H groups in total. The van der Waals surface area contributed by atoms with Crippen molar-refractivity contribution in [3.8, 4) is 34.5 Å². The van der Waals surface area contributed by atoms with Crippen molar-refractivity contribution in [3.05, 3.63) is 41.0 Å². The topological polar surface area (TPSA) is 104 Å². The van der Waals surface area contributed by atoms with Gasteiger partial charge >= 0.3 is 0 Å². The number of fused-ring (bicyclic) bond motifs is 6. The van der Waals surface area contributed by atoms with Crippen LogP contribution in [0.25, 0.3) is 6.08 Å². The molecule has 0 spiro atoms. The molecule has 162 valence electrons. The Labute approximate surface area is 178 Å². The van der Waals surface area contributed by atoms with E-state index < -0.39 is 23.1 Å². The van der Waals surface area contributed by atoms with Gasteiger partial charge in [0.15, 0.2) is 23.2 Å². The molecule has 2 atom stereocenters. The highest BCUT2D eigenvalue weighted by Gasteiger charge is 2.57. The predicted octanol–water partition coefficient (Wildman–Crippen LogP) is 2.82. The minimum atomic E-state index is -2.08. The minimum Gasteiger partial charge on any atom is -0.507 e. The lowest BCUT2D eigenvalue weighted by molar-refractivity contribution is -0.0804. The summed E-state index contributed by atoms with van der Waals surface area (Å²) in [4.78, 5) is 13.6. The standard InChI is InChI=1S/C23H22O8/c1-22(2)6-5-11-14(31-22)8-13(24)19-20(11)30-18-10-29-15-9-17(28-4)16(27-3)7-12(15)23(18,26)21(19)25/h5-9,18,24,26H,10H2,1-4H3/t18-,23+/m0/s1. The van der Waals surface area contributed by atoms with Crippen LogP contribution in [0, 0.1) is 0 Å². The molecule has 3 heterocycles. The molecule has 0 amide bonds. The van der Waals surface area contributed by atoms with Crippen LogP contribution in [-0.2, 0) is 5.60 Å². The van der Waals surface area contributed by atoms with E-state index in [0.717, 1.165) is 0 Å². The second-order valence-corrected chi connectivity index (χ2v) is 8.27. The van der Waals surface area contributed by atoms with E-state index in [-0.39, 0.29) is 35.0 Å². The highest BCUT2D eigenvalue weighted by molar-refractivity contribution is 6.10. The number of hydrogen-bond acceptors (Lipinski definition) is 8. The molecule has 3 aliphatic rings. The normalized spacial score (nSPS) is 24.4. The monoisotopic (exact) mass is 426 g/mol. The number of carbonyl (C=O) groups is 1. The summed E-state index contributed by atoms with van der Waals surface area (Å²) in [6, 6.07) is 4.42. The van der Waals surface area contributed by atoms with Gasteiger partial charge in [0.2, 0.25) is 5.78 Å². The highest BCUT2D eigenvalue weighted by Crippen LogP contribution is 2.53. The Kier molecular flexibility index (Phi) is 3.98. The lowest BCUT2D eigenvalue weighted by Gasteiger charge is -2.44. The van der Waals surface area contributed by atoms with E-state index in [1.54, 1.807) is 12.1 Å². The van der Waals surface area contributed by atoms with Gasteiger partial charge in [-0.1, -0.05) is 0 Å². The molecule has 5 rings (SSSR count). The summed E-state index contributed by atoms with van der Waals surface area (Å²) in [6.07, 6.45) is 2.60. The van der Waals surface area contributed by atoms with E-state index in [4.69, 9.17) is 23.7 Å². The van der Waals surface area contributed by atoms with Gasteiger partial charge in [-0.15, -0.1) is 0 Å². The van der Waals surface area contributed by atoms with Crippen LogP contribution in [0.3, 0.4) is 0 Å². The van der Waals surface area contributed by atoms with Crippen LogP contribution in [0.2, 0.25) is 0 Å². The Hall–Kier alpha value is -3.39. The van der Waals surface area contributed by atoms with Gasteiger partial charge in [-0.05, 0) is 32.1 Å². The van der Waals surface area contributed by atoms with Crippen LogP contribution in [0.1, 0.15) is 35.3 Å². The highest BCUT2D eigenvalue weighted by atomic mass is 16.6. The first-order valence-electron chi connectivity index (χ1n) is 9.81. The third-order valence-electron chi connectivity index (χ3n) is 5.87. The van der Waals surface area contributed by atoms with Gasteiger partial charge in [0.1, 0.15) is 40.8 Å². The van der Waals surface area contributed by atoms with E-state index >= 15 is 0 Å². The fourth-order valence-corrected chi connectivity index (χ4v) is 4.28. The minimum absolute atomic E-state index is 0.0787. The zero-order valence-electron chi connectivity index (χ0n) is 17.5. The number of benzene rings is 2. The fourth-order valence-electron chi connectivity index (χ4n) is 4.28. The van der Waals surface area contributed by atoms with E-state index in [9.17, 15) is 15.0 Å². The first-order valence-corrected chi connectivity index (χ1v) is 9.81. The zero-order valence-corrected chi connectivity index (χ0v) is 17.5. The number of aliphatic hydroxyl groups is 1. The maximum atomic E-state index is 13.6. The summed E-state index contributed by atoms with van der Waals surface area (Å²) in [5, 5.41) is 22.3. The molecule has 31 heavy (non-hydrogen) atoms. The number of rotatable bonds is 2. The quantitative estimate of drug-likeness (QED) is 0.756. The summed E-state index contributed by atoms with van der Waals surface area (Å²) < 4.78 is 28.4. The smallest absolute Gasteiger partial charge is 0.210 e. The third-order valence-corrected chi connectivity index (χ3v) is 5.87. The molecule has 0 saturated heterocycles. The molecule has 0 aliphatic carbocycles. The van der Waals surface area contributed by atoms with Crippen molar-refractivity contribution < 1.29 is 38.7 Å². The molecule has 2 aromatic rings. The second-order valence-electron chi connectivity index (χ2n) is 8.27. The number of aromatic hydroxyl groups is 1. The number of phenols is 1. The average molecular weight is 426 g/mol. The van der Waals surface area contributed by atoms with Crippen LogP contribution in [0.5, 0.6) is 34.5 Å². The maximum Gasteiger partial charge on any atom is 0.210 e. The Morgan fingerprint density at radius 1 is 1.10 bits per heavy atom. The number of ether oxygens (including phenoxy) is 5. The molecule has 0 unspecified atom stereocenters. The molecule has 8 nitrogen and oxygen atoms in total. The Balaban J connectivity index is 1.70. The summed E-state index contributed by atoms with van der Waals surface area (Å²) in [7, 11) is 2.93. The van der Waals surface area contributed by atoms with Gasteiger partial charge < -0.3 is 33.9 Å². The summed E-state index contributed by atoms with van der Waals surface area (Å²) in [5.41, 5.74) is -2.05. The van der Waals surface area contributed by atoms with E-state index in [0.29, 0.717) is 22.8 Å². The van der Waals surface area contributed by atoms with Gasteiger partial charge in [0.25, 0.3) is 0 Å². The number of hydrogen-bond donors (Lipinski definition) is 2. The molecule has 0 aromatic heterocycles. The Morgan fingerprint density at radius 2 is 1.81 bits per heavy atom. The first kappa shape index (κ1) is 19.6. The molecular weight excluding hydrogens is 404 g/mol. The lowest BCUT2D eigenvalue weighted by Crippen LogP contribution is -2.57. The van der Waals surface area contributed by atoms with E-state index in [1.807, 2.05) is 19.9 Å². The van der Waals surface area contributed by atoms with Crippen molar-refractivity contribution in [1.29, 1.82) is 0 Å². The third kappa shape index (κ3) is 2.61. The zero-order chi connectivity index (χ0) is 22.1. The number of ketones is 1. The first-order chi connectivity index (χ1) is 14.7. The van der Waals surface area contributed by atoms with E-state index in [2.05, 4.69) is 0 Å². The molecule has 8 heteroatoms. The maximum absolute atomic E-state index is 13.6. The molecule has 3 aliphatic heterocycles. The SMILES string of the molecule is COc1cc2c(cc1OC)[C@]1(O)C(=O)c3c(O)cc4c(c3O[C@H]1CO2)C=CC(C)(C)O4. The molecule has 0 saturated carbocycles. The van der Waals surface area contributed by atoms with Crippen molar-refractivity contribution in [2.45, 2.75) is 31.2 Å². The molecule has 2 aromatic carbocycles. The summed E-state index contributed by atoms with van der Waals surface area (Å²) >= 11 is 0. The number of phenolic OH excluding ortho intramolecular Hbond substituents is 1. The fraction of sp³-hybridized carbons (Fsp3) is 0.348. The van der Waals surface area contributed by atoms with Gasteiger partial charge in [-0.2, -0.15) is 0 Å². The van der Waals surface area contributed by atoms with Crippen LogP contribution < -0.4 is 23.7 Å². The number of Topliss-reactive ketones (excluding diaryl/α,β-unsaturated/α-hetero) is 1. The summed E-state index contributed by atoms with van der Waals surface area (Å²) in [6.45, 7) is 3.67. The van der Waals surface area contributed by atoms with Crippen molar-refractivity contribution in [2.24, 2.45) is 0 Å². The van der Waals surface area contributed by atoms with Crippen LogP contribution >= 0.6 is 0 Å². The molecule has 0 bridgehead atoms. The van der Waals surface area contributed by atoms with Crippen molar-refractivity contribution in [3.63, 3.8) is 0 Å². The second kappa shape index (κ2) is 6.31. The van der Waals surface area contributed by atoms with Crippen LogP contribution in [0.15, 0.2) is 24.3 Å². The Morgan fingerprint density at radius 3 is 2.52 bits per heavy atom. The van der Waals surface area contributed by atoms with E-state index in [1.165, 1.54) is 26.4 Å². The molecule has 0 radical (unpaired) electrons. The van der Waals surface area contributed by atoms with Gasteiger partial charge in [-0.3, -0.25) is 4.79 Å². The van der Waals surface area contributed by atoms with Crippen molar-refractivity contribution in [1.82, 2.24) is 0 Å².